The van der Waals surface area contributed by atoms with E-state index in [0.29, 0.717) is 24.6 Å². The van der Waals surface area contributed by atoms with E-state index < -0.39 is 5.97 Å². The minimum Gasteiger partial charge on any atom is -0.493 e. The molecule has 0 radical (unpaired) electrons. The number of hydrogen-bond donors (Lipinski definition) is 2. The van der Waals surface area contributed by atoms with Gasteiger partial charge in [0.2, 0.25) is 0 Å². The zero-order valence-corrected chi connectivity index (χ0v) is 13.5. The zero-order chi connectivity index (χ0) is 16.5. The Morgan fingerprint density at radius 2 is 2.14 bits per heavy atom. The molecule has 0 spiro atoms. The Bertz CT molecular complexity index is 522. The number of carboxylic acid groups (broad SMARTS) is 1. The number of hydrogen-bond acceptors (Lipinski definition) is 3. The molecule has 0 bridgehead atoms. The summed E-state index contributed by atoms with van der Waals surface area (Å²) in [6.45, 7) is 3.03. The van der Waals surface area contributed by atoms with Crippen LogP contribution in [-0.4, -0.2) is 48.8 Å². The fourth-order valence-corrected chi connectivity index (χ4v) is 1.95. The topological polar surface area (TPSA) is 78.9 Å². The van der Waals surface area contributed by atoms with E-state index in [1.807, 2.05) is 19.1 Å². The molecular formula is C15H21ClN2O4. The molecule has 0 fully saturated rings. The summed E-state index contributed by atoms with van der Waals surface area (Å²) in [5.74, 6) is -0.152. The molecule has 1 aromatic rings. The van der Waals surface area contributed by atoms with Crippen molar-refractivity contribution in [3.05, 3.63) is 28.8 Å². The van der Waals surface area contributed by atoms with E-state index in [1.54, 1.807) is 13.1 Å². The van der Waals surface area contributed by atoms with Gasteiger partial charge in [0.15, 0.2) is 0 Å². The van der Waals surface area contributed by atoms with Gasteiger partial charge in [0, 0.05) is 25.2 Å². The van der Waals surface area contributed by atoms with Crippen LogP contribution in [-0.2, 0) is 4.79 Å². The van der Waals surface area contributed by atoms with Gasteiger partial charge in [-0.2, -0.15) is 0 Å². The standard InChI is InChI=1S/C15H21ClN2O4/c1-11-10-12(16)4-5-13(11)22-9-3-7-17-15(21)18(2)8-6-14(19)20/h4-5,10H,3,6-9H2,1-2H3,(H,17,21)(H,19,20). The second-order valence-electron chi connectivity index (χ2n) is 4.91. The van der Waals surface area contributed by atoms with E-state index in [9.17, 15) is 9.59 Å². The van der Waals surface area contributed by atoms with Gasteiger partial charge in [-0.25, -0.2) is 4.79 Å². The largest absolute Gasteiger partial charge is 0.493 e. The average Bonchev–Trinajstić information content (AvgIpc) is 2.46. The number of nitrogens with one attached hydrogen (secondary N) is 1. The molecule has 0 saturated heterocycles. The predicted octanol–water partition coefficient (Wildman–Crippen LogP) is 2.53. The molecule has 0 unspecified atom stereocenters. The summed E-state index contributed by atoms with van der Waals surface area (Å²) in [5.41, 5.74) is 0.963. The van der Waals surface area contributed by atoms with Gasteiger partial charge >= 0.3 is 12.0 Å². The maximum atomic E-state index is 11.6. The first kappa shape index (κ1) is 18.1. The summed E-state index contributed by atoms with van der Waals surface area (Å²) in [6.07, 6.45) is 0.587. The Kier molecular flexibility index (Phi) is 7.52. The quantitative estimate of drug-likeness (QED) is 0.719. The number of aliphatic carboxylic acids is 1. The van der Waals surface area contributed by atoms with Crippen molar-refractivity contribution in [1.29, 1.82) is 0 Å². The smallest absolute Gasteiger partial charge is 0.317 e. The summed E-state index contributed by atoms with van der Waals surface area (Å²) in [5, 5.41) is 11.9. The highest BCUT2D eigenvalue weighted by molar-refractivity contribution is 6.30. The van der Waals surface area contributed by atoms with Crippen molar-refractivity contribution in [2.75, 3.05) is 26.7 Å². The van der Waals surface area contributed by atoms with Crippen molar-refractivity contribution >= 4 is 23.6 Å². The number of amides is 2. The Hall–Kier alpha value is -1.95. The van der Waals surface area contributed by atoms with Gasteiger partial charge in [-0.3, -0.25) is 4.79 Å². The molecule has 0 atom stereocenters. The van der Waals surface area contributed by atoms with E-state index in [0.717, 1.165) is 11.3 Å². The highest BCUT2D eigenvalue weighted by Crippen LogP contribution is 2.21. The first-order chi connectivity index (χ1) is 10.4. The number of urea groups is 1. The van der Waals surface area contributed by atoms with Crippen molar-refractivity contribution in [3.8, 4) is 5.75 Å². The lowest BCUT2D eigenvalue weighted by molar-refractivity contribution is -0.137. The van der Waals surface area contributed by atoms with Crippen LogP contribution in [0, 0.1) is 6.92 Å². The second-order valence-corrected chi connectivity index (χ2v) is 5.35. The summed E-state index contributed by atoms with van der Waals surface area (Å²) >= 11 is 5.87. The lowest BCUT2D eigenvalue weighted by Gasteiger charge is -2.17. The number of nitrogens with zero attached hydrogens (tertiary/aromatic N) is 1. The molecule has 2 N–H and O–H groups in total. The third-order valence-corrected chi connectivity index (χ3v) is 3.23. The minimum absolute atomic E-state index is 0.0666. The summed E-state index contributed by atoms with van der Waals surface area (Å²) in [6, 6.07) is 5.12. The van der Waals surface area contributed by atoms with Gasteiger partial charge in [0.1, 0.15) is 5.75 Å². The zero-order valence-electron chi connectivity index (χ0n) is 12.8. The normalized spacial score (nSPS) is 10.1. The van der Waals surface area contributed by atoms with Crippen LogP contribution in [0.15, 0.2) is 18.2 Å². The SMILES string of the molecule is Cc1cc(Cl)ccc1OCCCNC(=O)N(C)CCC(=O)O. The monoisotopic (exact) mass is 328 g/mol. The number of carbonyl (C=O) groups excluding carboxylic acids is 1. The molecule has 6 nitrogen and oxygen atoms in total. The number of benzene rings is 1. The van der Waals surface area contributed by atoms with Crippen LogP contribution in [0.5, 0.6) is 5.75 Å². The highest BCUT2D eigenvalue weighted by atomic mass is 35.5. The molecule has 1 aromatic carbocycles. The molecule has 122 valence electrons. The number of ether oxygens (including phenoxy) is 1. The third kappa shape index (κ3) is 6.67. The molecule has 0 heterocycles. The van der Waals surface area contributed by atoms with Crippen molar-refractivity contribution in [2.45, 2.75) is 19.8 Å². The number of carboxylic acids is 1. The summed E-state index contributed by atoms with van der Waals surface area (Å²) in [4.78, 5) is 23.4. The second kappa shape index (κ2) is 9.15. The van der Waals surface area contributed by atoms with Crippen LogP contribution in [0.4, 0.5) is 4.79 Å². The Morgan fingerprint density at radius 1 is 1.41 bits per heavy atom. The number of aryl methyl sites for hydroxylation is 1. The van der Waals surface area contributed by atoms with Gasteiger partial charge < -0.3 is 20.1 Å². The van der Waals surface area contributed by atoms with Crippen molar-refractivity contribution in [1.82, 2.24) is 10.2 Å². The van der Waals surface area contributed by atoms with Gasteiger partial charge in [-0.15, -0.1) is 0 Å². The summed E-state index contributed by atoms with van der Waals surface area (Å²) < 4.78 is 5.61. The van der Waals surface area contributed by atoms with Gasteiger partial charge in [-0.05, 0) is 37.1 Å². The molecule has 2 amide bonds. The van der Waals surface area contributed by atoms with Gasteiger partial charge in [-0.1, -0.05) is 11.6 Å². The molecular weight excluding hydrogens is 308 g/mol. The number of carbonyl (C=O) groups is 2. The van der Waals surface area contributed by atoms with Crippen LogP contribution in [0.25, 0.3) is 0 Å². The number of halogens is 1. The van der Waals surface area contributed by atoms with Crippen molar-refractivity contribution in [3.63, 3.8) is 0 Å². The molecule has 0 saturated carbocycles. The fourth-order valence-electron chi connectivity index (χ4n) is 1.72. The first-order valence-electron chi connectivity index (χ1n) is 7.00. The predicted molar refractivity (Wildman–Crippen MR) is 84.6 cm³/mol. The lowest BCUT2D eigenvalue weighted by Crippen LogP contribution is -2.39. The first-order valence-corrected chi connectivity index (χ1v) is 7.37. The maximum Gasteiger partial charge on any atom is 0.317 e. The van der Waals surface area contributed by atoms with E-state index >= 15 is 0 Å². The van der Waals surface area contributed by atoms with Crippen molar-refractivity contribution in [2.24, 2.45) is 0 Å². The fraction of sp³-hybridized carbons (Fsp3) is 0.467. The summed E-state index contributed by atoms with van der Waals surface area (Å²) in [7, 11) is 1.56. The molecule has 1 rings (SSSR count). The minimum atomic E-state index is -0.925. The van der Waals surface area contributed by atoms with Crippen LogP contribution in [0.2, 0.25) is 5.02 Å². The molecule has 0 aliphatic rings. The average molecular weight is 329 g/mol. The third-order valence-electron chi connectivity index (χ3n) is 3.00. The molecule has 0 aromatic heterocycles. The van der Waals surface area contributed by atoms with E-state index in [2.05, 4.69) is 5.32 Å². The Labute approximate surface area is 135 Å². The Balaban J connectivity index is 2.19. The van der Waals surface area contributed by atoms with E-state index in [4.69, 9.17) is 21.4 Å². The lowest BCUT2D eigenvalue weighted by atomic mass is 10.2. The molecule has 7 heteroatoms. The Morgan fingerprint density at radius 3 is 2.77 bits per heavy atom. The molecule has 22 heavy (non-hydrogen) atoms. The van der Waals surface area contributed by atoms with Crippen molar-refractivity contribution < 1.29 is 19.4 Å². The van der Waals surface area contributed by atoms with Crippen LogP contribution < -0.4 is 10.1 Å². The van der Waals surface area contributed by atoms with Gasteiger partial charge in [0.05, 0.1) is 13.0 Å². The van der Waals surface area contributed by atoms with E-state index in [1.165, 1.54) is 4.90 Å². The highest BCUT2D eigenvalue weighted by Gasteiger charge is 2.09. The van der Waals surface area contributed by atoms with Gasteiger partial charge in [0.25, 0.3) is 0 Å². The van der Waals surface area contributed by atoms with Crippen LogP contribution in [0.3, 0.4) is 0 Å². The molecule has 0 aliphatic carbocycles. The van der Waals surface area contributed by atoms with Crippen LogP contribution >= 0.6 is 11.6 Å². The maximum absolute atomic E-state index is 11.6. The van der Waals surface area contributed by atoms with Crippen LogP contribution in [0.1, 0.15) is 18.4 Å². The number of rotatable bonds is 8. The van der Waals surface area contributed by atoms with E-state index in [-0.39, 0.29) is 19.0 Å². The molecule has 0 aliphatic heterocycles.